The zero-order valence-corrected chi connectivity index (χ0v) is 17.3. The average molecular weight is 456 g/mol. The van der Waals surface area contributed by atoms with Crippen LogP contribution in [0.2, 0.25) is 5.02 Å². The molecule has 2 aromatic heterocycles. The fourth-order valence-electron chi connectivity index (χ4n) is 2.94. The molecule has 0 unspecified atom stereocenters. The summed E-state index contributed by atoms with van der Waals surface area (Å²) < 4.78 is 1.00. The molecule has 0 aliphatic carbocycles. The van der Waals surface area contributed by atoms with Crippen molar-refractivity contribution in [2.75, 3.05) is 6.54 Å². The number of nitrogens with one attached hydrogen (secondary N) is 2. The lowest BCUT2D eigenvalue weighted by Crippen LogP contribution is -2.22. The molecule has 0 fully saturated rings. The van der Waals surface area contributed by atoms with E-state index in [-0.39, 0.29) is 5.91 Å². The number of carbonyl (C=O) groups excluding carboxylic acids is 1. The van der Waals surface area contributed by atoms with Gasteiger partial charge >= 0.3 is 0 Å². The first-order valence-electron chi connectivity index (χ1n) is 8.75. The number of aromatic nitrogens is 3. The van der Waals surface area contributed by atoms with Crippen LogP contribution in [-0.4, -0.2) is 27.4 Å². The number of benzene rings is 2. The second kappa shape index (κ2) is 7.73. The first-order valence-corrected chi connectivity index (χ1v) is 9.92. The van der Waals surface area contributed by atoms with Gasteiger partial charge < -0.3 is 10.3 Å². The van der Waals surface area contributed by atoms with Crippen LogP contribution < -0.4 is 5.32 Å². The topological polar surface area (TPSA) is 70.7 Å². The van der Waals surface area contributed by atoms with E-state index in [0.29, 0.717) is 22.8 Å². The van der Waals surface area contributed by atoms with Crippen molar-refractivity contribution in [3.05, 3.63) is 69.8 Å². The summed E-state index contributed by atoms with van der Waals surface area (Å²) in [5.41, 5.74) is 4.80. The average Bonchev–Trinajstić information content (AvgIpc) is 3.11. The van der Waals surface area contributed by atoms with Crippen LogP contribution in [0.25, 0.3) is 33.7 Å². The summed E-state index contributed by atoms with van der Waals surface area (Å²) in [5, 5.41) is 3.17. The Bertz CT molecular complexity index is 1170. The van der Waals surface area contributed by atoms with Crippen LogP contribution in [0.3, 0.4) is 0 Å². The van der Waals surface area contributed by atoms with E-state index in [4.69, 9.17) is 11.6 Å². The van der Waals surface area contributed by atoms with E-state index < -0.39 is 0 Å². The summed E-state index contributed by atoms with van der Waals surface area (Å²) in [5.74, 6) is 0.612. The predicted octanol–water partition coefficient (Wildman–Crippen LogP) is 5.46. The number of hydrogen-bond acceptors (Lipinski definition) is 3. The highest BCUT2D eigenvalue weighted by atomic mass is 79.9. The Morgan fingerprint density at radius 2 is 1.89 bits per heavy atom. The fraction of sp³-hybridized carbons (Fsp3) is 0.0952. The number of aromatic amines is 1. The van der Waals surface area contributed by atoms with Gasteiger partial charge in [0.25, 0.3) is 5.91 Å². The van der Waals surface area contributed by atoms with Crippen molar-refractivity contribution in [2.24, 2.45) is 0 Å². The molecule has 7 heteroatoms. The quantitative estimate of drug-likeness (QED) is 0.429. The van der Waals surface area contributed by atoms with Gasteiger partial charge in [0.1, 0.15) is 5.82 Å². The minimum atomic E-state index is -0.185. The minimum Gasteiger partial charge on any atom is -0.352 e. The SMILES string of the molecule is CCNC(=O)c1cnc(-c2ccc(-c3nc4ccc(Br)cc4[nH]3)cc2)c(Cl)c1. The lowest BCUT2D eigenvalue weighted by Gasteiger charge is -2.07. The molecule has 5 nitrogen and oxygen atoms in total. The number of nitrogens with zero attached hydrogens (tertiary/aromatic N) is 2. The Morgan fingerprint density at radius 3 is 2.61 bits per heavy atom. The molecule has 0 saturated heterocycles. The molecule has 0 aliphatic rings. The van der Waals surface area contributed by atoms with Crippen molar-refractivity contribution in [3.63, 3.8) is 0 Å². The van der Waals surface area contributed by atoms with E-state index in [1.807, 2.05) is 49.4 Å². The summed E-state index contributed by atoms with van der Waals surface area (Å²) >= 11 is 9.84. The van der Waals surface area contributed by atoms with E-state index in [1.165, 1.54) is 6.20 Å². The highest BCUT2D eigenvalue weighted by Crippen LogP contribution is 2.29. The highest BCUT2D eigenvalue weighted by Gasteiger charge is 2.12. The van der Waals surface area contributed by atoms with E-state index in [9.17, 15) is 4.79 Å². The summed E-state index contributed by atoms with van der Waals surface area (Å²) in [6.45, 7) is 2.42. The number of amides is 1. The number of carbonyl (C=O) groups is 1. The number of fused-ring (bicyclic) bond motifs is 1. The molecular weight excluding hydrogens is 440 g/mol. The number of halogens is 2. The number of rotatable bonds is 4. The smallest absolute Gasteiger partial charge is 0.252 e. The Hall–Kier alpha value is -2.70. The summed E-state index contributed by atoms with van der Waals surface area (Å²) in [7, 11) is 0. The van der Waals surface area contributed by atoms with Crippen molar-refractivity contribution >= 4 is 44.5 Å². The molecule has 0 saturated carbocycles. The largest absolute Gasteiger partial charge is 0.352 e. The van der Waals surface area contributed by atoms with Gasteiger partial charge in [-0.05, 0) is 31.2 Å². The van der Waals surface area contributed by atoms with E-state index >= 15 is 0 Å². The van der Waals surface area contributed by atoms with Crippen molar-refractivity contribution in [1.29, 1.82) is 0 Å². The molecule has 2 heterocycles. The third-order valence-corrected chi connectivity index (χ3v) is 5.10. The first kappa shape index (κ1) is 18.7. The molecule has 2 aromatic carbocycles. The Labute approximate surface area is 175 Å². The van der Waals surface area contributed by atoms with Gasteiger partial charge in [-0.1, -0.05) is 51.8 Å². The second-order valence-electron chi connectivity index (χ2n) is 6.24. The monoisotopic (exact) mass is 454 g/mol. The molecule has 0 aliphatic heterocycles. The third kappa shape index (κ3) is 3.66. The van der Waals surface area contributed by atoms with Crippen molar-refractivity contribution in [3.8, 4) is 22.6 Å². The molecule has 0 spiro atoms. The van der Waals surface area contributed by atoms with Crippen LogP contribution in [0.1, 0.15) is 17.3 Å². The van der Waals surface area contributed by atoms with Crippen LogP contribution >= 0.6 is 27.5 Å². The molecule has 0 bridgehead atoms. The summed E-state index contributed by atoms with van der Waals surface area (Å²) in [6.07, 6.45) is 1.54. The second-order valence-corrected chi connectivity index (χ2v) is 7.56. The molecule has 0 atom stereocenters. The van der Waals surface area contributed by atoms with Gasteiger partial charge in [-0.3, -0.25) is 9.78 Å². The van der Waals surface area contributed by atoms with Gasteiger partial charge in [0.15, 0.2) is 0 Å². The van der Waals surface area contributed by atoms with Crippen LogP contribution in [0.4, 0.5) is 0 Å². The number of pyridine rings is 1. The van der Waals surface area contributed by atoms with Crippen LogP contribution in [0.5, 0.6) is 0 Å². The molecule has 140 valence electrons. The normalized spacial score (nSPS) is 11.0. The van der Waals surface area contributed by atoms with Gasteiger partial charge in [0.2, 0.25) is 0 Å². The van der Waals surface area contributed by atoms with Crippen LogP contribution in [0.15, 0.2) is 59.2 Å². The van der Waals surface area contributed by atoms with E-state index in [1.54, 1.807) is 6.07 Å². The minimum absolute atomic E-state index is 0.185. The number of H-pyrrole nitrogens is 1. The lowest BCUT2D eigenvalue weighted by molar-refractivity contribution is 0.0955. The highest BCUT2D eigenvalue weighted by molar-refractivity contribution is 9.10. The zero-order chi connectivity index (χ0) is 19.7. The maximum Gasteiger partial charge on any atom is 0.252 e. The van der Waals surface area contributed by atoms with Gasteiger partial charge in [0, 0.05) is 28.3 Å². The van der Waals surface area contributed by atoms with Crippen molar-refractivity contribution < 1.29 is 4.79 Å². The molecule has 1 amide bonds. The molecule has 28 heavy (non-hydrogen) atoms. The Balaban J connectivity index is 1.63. The van der Waals surface area contributed by atoms with Gasteiger partial charge in [-0.2, -0.15) is 0 Å². The maximum absolute atomic E-state index is 11.9. The van der Waals surface area contributed by atoms with Gasteiger partial charge in [-0.25, -0.2) is 4.98 Å². The predicted molar refractivity (Wildman–Crippen MR) is 115 cm³/mol. The number of hydrogen-bond donors (Lipinski definition) is 2. The molecular formula is C21H16BrClN4O. The Kier molecular flexibility index (Phi) is 5.15. The van der Waals surface area contributed by atoms with E-state index in [0.717, 1.165) is 32.5 Å². The molecule has 4 rings (SSSR count). The third-order valence-electron chi connectivity index (χ3n) is 4.32. The molecule has 2 N–H and O–H groups in total. The summed E-state index contributed by atoms with van der Waals surface area (Å²) in [4.78, 5) is 24.3. The standard InChI is InChI=1S/C21H16BrClN4O/c1-2-24-21(28)14-9-16(23)19(25-11-14)12-3-5-13(6-4-12)20-26-17-8-7-15(22)10-18(17)27-20/h3-11H,2H2,1H3,(H,24,28)(H,26,27). The lowest BCUT2D eigenvalue weighted by atomic mass is 10.1. The van der Waals surface area contributed by atoms with Crippen LogP contribution in [-0.2, 0) is 0 Å². The van der Waals surface area contributed by atoms with E-state index in [2.05, 4.69) is 36.2 Å². The van der Waals surface area contributed by atoms with Crippen molar-refractivity contribution in [2.45, 2.75) is 6.92 Å². The Morgan fingerprint density at radius 1 is 1.14 bits per heavy atom. The summed E-state index contributed by atoms with van der Waals surface area (Å²) in [6, 6.07) is 15.4. The molecule has 0 radical (unpaired) electrons. The maximum atomic E-state index is 11.9. The van der Waals surface area contributed by atoms with Gasteiger partial charge in [0.05, 0.1) is 27.3 Å². The molecule has 4 aromatic rings. The first-order chi connectivity index (χ1) is 13.5. The van der Waals surface area contributed by atoms with Gasteiger partial charge in [-0.15, -0.1) is 0 Å². The van der Waals surface area contributed by atoms with Crippen LogP contribution in [0, 0.1) is 0 Å². The van der Waals surface area contributed by atoms with Crippen molar-refractivity contribution in [1.82, 2.24) is 20.3 Å². The fourth-order valence-corrected chi connectivity index (χ4v) is 3.58. The zero-order valence-electron chi connectivity index (χ0n) is 15.0. The number of imidazole rings is 1.